The maximum absolute atomic E-state index is 14.8. The van der Waals surface area contributed by atoms with Gasteiger partial charge in [-0.05, 0) is 81.2 Å². The summed E-state index contributed by atoms with van der Waals surface area (Å²) in [7, 11) is 0. The molecule has 1 aliphatic carbocycles. The number of amides is 1. The summed E-state index contributed by atoms with van der Waals surface area (Å²) in [6, 6.07) is 14.3. The van der Waals surface area contributed by atoms with Gasteiger partial charge in [-0.2, -0.15) is 5.10 Å². The van der Waals surface area contributed by atoms with Crippen LogP contribution in [-0.4, -0.2) is 67.2 Å². The van der Waals surface area contributed by atoms with Gasteiger partial charge < -0.3 is 15.0 Å². The molecule has 11 heteroatoms. The molecule has 6 aromatic rings. The molecule has 1 aromatic carbocycles. The topological polar surface area (TPSA) is 125 Å². The van der Waals surface area contributed by atoms with Crippen LogP contribution in [0.2, 0.25) is 0 Å². The van der Waals surface area contributed by atoms with Crippen molar-refractivity contribution < 1.29 is 13.9 Å². The Morgan fingerprint density at radius 3 is 2.76 bits per heavy atom. The first-order chi connectivity index (χ1) is 22.1. The first kappa shape index (κ1) is 27.4. The second kappa shape index (κ2) is 11.4. The lowest BCUT2D eigenvalue weighted by atomic mass is 10.1. The van der Waals surface area contributed by atoms with Crippen LogP contribution in [0.25, 0.3) is 55.8 Å². The van der Waals surface area contributed by atoms with E-state index in [2.05, 4.69) is 35.4 Å². The molecule has 1 saturated carbocycles. The van der Waals surface area contributed by atoms with Crippen molar-refractivity contribution in [3.8, 4) is 39.7 Å². The highest BCUT2D eigenvalue weighted by molar-refractivity contribution is 5.99. The summed E-state index contributed by atoms with van der Waals surface area (Å²) in [5, 5.41) is 11.4. The van der Waals surface area contributed by atoms with Gasteiger partial charge in [-0.3, -0.25) is 24.8 Å². The summed E-state index contributed by atoms with van der Waals surface area (Å²) in [4.78, 5) is 32.0. The molecular formula is C34H31FN8O2. The predicted molar refractivity (Wildman–Crippen MR) is 170 cm³/mol. The Bertz CT molecular complexity index is 2040. The van der Waals surface area contributed by atoms with Gasteiger partial charge in [0.15, 0.2) is 0 Å². The molecule has 0 spiro atoms. The van der Waals surface area contributed by atoms with Crippen molar-refractivity contribution in [3.05, 3.63) is 72.9 Å². The quantitative estimate of drug-likeness (QED) is 0.180. The largest absolute Gasteiger partial charge is 0.492 e. The highest BCUT2D eigenvalue weighted by atomic mass is 19.1. The number of pyridine rings is 3. The zero-order chi connectivity index (χ0) is 30.3. The van der Waals surface area contributed by atoms with E-state index >= 15 is 0 Å². The Kier molecular flexibility index (Phi) is 6.94. The number of carbonyl (C=O) groups is 1. The molecule has 0 atom stereocenters. The van der Waals surface area contributed by atoms with Crippen molar-refractivity contribution in [2.45, 2.75) is 25.7 Å². The number of hydrogen-bond acceptors (Lipinski definition) is 7. The molecule has 0 unspecified atom stereocenters. The van der Waals surface area contributed by atoms with Crippen LogP contribution in [0.3, 0.4) is 0 Å². The van der Waals surface area contributed by atoms with Crippen LogP contribution in [0, 0.1) is 11.7 Å². The van der Waals surface area contributed by atoms with E-state index in [1.165, 1.54) is 25.0 Å². The summed E-state index contributed by atoms with van der Waals surface area (Å²) >= 11 is 0. The first-order valence-electron chi connectivity index (χ1n) is 15.3. The summed E-state index contributed by atoms with van der Waals surface area (Å²) in [5.74, 6) is 0.240. The van der Waals surface area contributed by atoms with E-state index in [4.69, 9.17) is 9.72 Å². The average molecular weight is 603 g/mol. The standard InChI is InChI=1S/C34H31FN8O2/c35-23-13-21(15-25(16-23)45-12-11-43-9-1-2-10-43)31-26-17-30(39-28(26)7-8-37-31)33-32-29(41-42-33)6-5-27(40-32)22-14-24(19-36-18-22)38-34(44)20-3-4-20/h5-8,13-20,39H,1-4,9-12H2,(H,38,44)(H,41,42). The fraction of sp³-hybridized carbons (Fsp3) is 0.265. The predicted octanol–water partition coefficient (Wildman–Crippen LogP) is 6.19. The molecule has 2 aliphatic rings. The maximum atomic E-state index is 14.8. The lowest BCUT2D eigenvalue weighted by Gasteiger charge is -2.15. The Balaban J connectivity index is 1.10. The number of hydrogen-bond donors (Lipinski definition) is 3. The van der Waals surface area contributed by atoms with Gasteiger partial charge in [0.1, 0.15) is 29.4 Å². The molecule has 2 fully saturated rings. The third-order valence-electron chi connectivity index (χ3n) is 8.48. The van der Waals surface area contributed by atoms with E-state index in [-0.39, 0.29) is 17.6 Å². The van der Waals surface area contributed by atoms with Crippen LogP contribution in [-0.2, 0) is 4.79 Å². The van der Waals surface area contributed by atoms with Gasteiger partial charge in [0.05, 0.1) is 34.5 Å². The summed E-state index contributed by atoms with van der Waals surface area (Å²) in [6.45, 7) is 3.51. The number of H-pyrrole nitrogens is 2. The van der Waals surface area contributed by atoms with Gasteiger partial charge in [0, 0.05) is 53.0 Å². The summed E-state index contributed by atoms with van der Waals surface area (Å²) in [6.07, 6.45) is 9.38. The normalized spacial score (nSPS) is 15.2. The van der Waals surface area contributed by atoms with Gasteiger partial charge in [-0.1, -0.05) is 0 Å². The zero-order valence-electron chi connectivity index (χ0n) is 24.5. The number of aromatic nitrogens is 6. The van der Waals surface area contributed by atoms with Crippen LogP contribution >= 0.6 is 0 Å². The van der Waals surface area contributed by atoms with Crippen molar-refractivity contribution in [2.75, 3.05) is 31.6 Å². The summed E-state index contributed by atoms with van der Waals surface area (Å²) < 4.78 is 20.7. The number of nitrogens with one attached hydrogen (secondary N) is 3. The van der Waals surface area contributed by atoms with E-state index in [0.717, 1.165) is 60.2 Å². The summed E-state index contributed by atoms with van der Waals surface area (Å²) in [5.41, 5.74) is 7.10. The number of nitrogens with zero attached hydrogens (tertiary/aromatic N) is 5. The van der Waals surface area contributed by atoms with E-state index in [0.29, 0.717) is 46.2 Å². The highest BCUT2D eigenvalue weighted by Gasteiger charge is 2.29. The van der Waals surface area contributed by atoms with Crippen LogP contribution in [0.15, 0.2) is 67.1 Å². The number of benzene rings is 1. The van der Waals surface area contributed by atoms with Gasteiger partial charge >= 0.3 is 0 Å². The lowest BCUT2D eigenvalue weighted by Crippen LogP contribution is -2.25. The third kappa shape index (κ3) is 5.62. The average Bonchev–Trinajstić information content (AvgIpc) is 3.40. The van der Waals surface area contributed by atoms with Gasteiger partial charge in [-0.25, -0.2) is 9.37 Å². The molecule has 10 nitrogen and oxygen atoms in total. The molecular weight excluding hydrogens is 571 g/mol. The van der Waals surface area contributed by atoms with Crippen LogP contribution in [0.4, 0.5) is 10.1 Å². The first-order valence-corrected chi connectivity index (χ1v) is 15.3. The monoisotopic (exact) mass is 602 g/mol. The lowest BCUT2D eigenvalue weighted by molar-refractivity contribution is -0.117. The molecule has 1 aliphatic heterocycles. The number of anilines is 1. The number of likely N-dealkylation sites (tertiary alicyclic amines) is 1. The number of fused-ring (bicyclic) bond motifs is 2. The Morgan fingerprint density at radius 2 is 1.89 bits per heavy atom. The van der Waals surface area contributed by atoms with Gasteiger partial charge in [0.25, 0.3) is 0 Å². The molecule has 0 bridgehead atoms. The molecule has 6 heterocycles. The van der Waals surface area contributed by atoms with Gasteiger partial charge in [-0.15, -0.1) is 0 Å². The highest BCUT2D eigenvalue weighted by Crippen LogP contribution is 2.35. The molecule has 226 valence electrons. The fourth-order valence-electron chi connectivity index (χ4n) is 5.98. The smallest absolute Gasteiger partial charge is 0.227 e. The van der Waals surface area contributed by atoms with Crippen LogP contribution in [0.5, 0.6) is 5.75 Å². The molecule has 8 rings (SSSR count). The second-order valence-corrected chi connectivity index (χ2v) is 11.8. The Labute approximate surface area is 258 Å². The van der Waals surface area contributed by atoms with E-state index in [9.17, 15) is 9.18 Å². The SMILES string of the molecule is O=C(Nc1cncc(-c2ccc3[nH]nc(-c4cc5c(-c6cc(F)cc(OCCN7CCCC7)c6)nccc5[nH]4)c3n2)c1)C1CC1. The number of ether oxygens (including phenoxy) is 1. The molecule has 45 heavy (non-hydrogen) atoms. The molecule has 3 N–H and O–H groups in total. The number of rotatable bonds is 9. The number of aromatic amines is 2. The minimum absolute atomic E-state index is 0.0293. The van der Waals surface area contributed by atoms with Crippen molar-refractivity contribution in [1.82, 2.24) is 35.0 Å². The minimum Gasteiger partial charge on any atom is -0.492 e. The van der Waals surface area contributed by atoms with E-state index in [1.54, 1.807) is 18.6 Å². The number of carbonyl (C=O) groups excluding carboxylic acids is 1. The van der Waals surface area contributed by atoms with Crippen molar-refractivity contribution in [1.29, 1.82) is 0 Å². The van der Waals surface area contributed by atoms with Crippen molar-refractivity contribution in [2.24, 2.45) is 5.92 Å². The molecule has 5 aromatic heterocycles. The van der Waals surface area contributed by atoms with Crippen LogP contribution < -0.4 is 10.1 Å². The fourth-order valence-corrected chi connectivity index (χ4v) is 5.98. The van der Waals surface area contributed by atoms with Crippen LogP contribution in [0.1, 0.15) is 25.7 Å². The third-order valence-corrected chi connectivity index (χ3v) is 8.48. The maximum Gasteiger partial charge on any atom is 0.227 e. The molecule has 1 amide bonds. The van der Waals surface area contributed by atoms with E-state index < -0.39 is 0 Å². The molecule has 1 saturated heterocycles. The van der Waals surface area contributed by atoms with E-state index in [1.807, 2.05) is 36.4 Å². The van der Waals surface area contributed by atoms with Crippen molar-refractivity contribution in [3.63, 3.8) is 0 Å². The van der Waals surface area contributed by atoms with Gasteiger partial charge in [0.2, 0.25) is 5.91 Å². The van der Waals surface area contributed by atoms with Crippen molar-refractivity contribution >= 4 is 33.5 Å². The molecule has 0 radical (unpaired) electrons. The Morgan fingerprint density at radius 1 is 1.00 bits per heavy atom. The zero-order valence-corrected chi connectivity index (χ0v) is 24.5. The minimum atomic E-state index is -0.376. The number of halogens is 1. The Hall–Kier alpha value is -5.16. The second-order valence-electron chi connectivity index (χ2n) is 11.8.